The van der Waals surface area contributed by atoms with E-state index in [1.54, 1.807) is 0 Å². The molecule has 0 amide bonds. The molecule has 1 aliphatic heterocycles. The number of nitrogens with zero attached hydrogens (tertiary/aromatic N) is 2. The third-order valence-corrected chi connectivity index (χ3v) is 4.41. The third kappa shape index (κ3) is 10.6. The zero-order chi connectivity index (χ0) is 15.3. The standard InChI is InChI=1S/C17H36N4.HI/c1-3-4-5-7-12-19-17(18)20-13-8-10-15-21-14-9-6-11-16(21)2;/h16H,3-15H2,1-2H3,(H3,18,19,20);1H. The number of aliphatic imine (C=N–C) groups is 1. The van der Waals surface area contributed by atoms with Crippen molar-refractivity contribution in [1.29, 1.82) is 0 Å². The van der Waals surface area contributed by atoms with Crippen LogP contribution in [-0.4, -0.2) is 43.1 Å². The van der Waals surface area contributed by atoms with E-state index in [1.165, 1.54) is 64.5 Å². The van der Waals surface area contributed by atoms with Gasteiger partial charge in [0.05, 0.1) is 0 Å². The molecule has 1 aliphatic rings. The molecule has 4 nitrogen and oxygen atoms in total. The topological polar surface area (TPSA) is 53.6 Å². The summed E-state index contributed by atoms with van der Waals surface area (Å²) in [6, 6.07) is 0.779. The lowest BCUT2D eigenvalue weighted by Gasteiger charge is -2.33. The fraction of sp³-hybridized carbons (Fsp3) is 0.941. The minimum atomic E-state index is 0. The van der Waals surface area contributed by atoms with E-state index in [0.717, 1.165) is 25.6 Å². The lowest BCUT2D eigenvalue weighted by Crippen LogP contribution is -2.38. The van der Waals surface area contributed by atoms with Crippen molar-refractivity contribution in [3.05, 3.63) is 0 Å². The van der Waals surface area contributed by atoms with Crippen LogP contribution < -0.4 is 11.1 Å². The average molecular weight is 424 g/mol. The van der Waals surface area contributed by atoms with Gasteiger partial charge in [0.15, 0.2) is 5.96 Å². The van der Waals surface area contributed by atoms with Gasteiger partial charge in [0.25, 0.3) is 0 Å². The first-order chi connectivity index (χ1) is 10.2. The van der Waals surface area contributed by atoms with Crippen LogP contribution in [0.4, 0.5) is 0 Å². The van der Waals surface area contributed by atoms with Gasteiger partial charge in [0.1, 0.15) is 0 Å². The van der Waals surface area contributed by atoms with Gasteiger partial charge in [-0.1, -0.05) is 32.6 Å². The van der Waals surface area contributed by atoms with Gasteiger partial charge in [-0.3, -0.25) is 4.99 Å². The molecule has 1 saturated heterocycles. The molecule has 1 unspecified atom stereocenters. The van der Waals surface area contributed by atoms with Crippen LogP contribution in [0.3, 0.4) is 0 Å². The van der Waals surface area contributed by atoms with Gasteiger partial charge >= 0.3 is 0 Å². The molecule has 0 aromatic rings. The lowest BCUT2D eigenvalue weighted by atomic mass is 10.0. The fourth-order valence-electron chi connectivity index (χ4n) is 2.94. The molecule has 132 valence electrons. The Hall–Kier alpha value is -0.0400. The second-order valence-electron chi connectivity index (χ2n) is 6.34. The summed E-state index contributed by atoms with van der Waals surface area (Å²) >= 11 is 0. The highest BCUT2D eigenvalue weighted by Gasteiger charge is 2.16. The highest BCUT2D eigenvalue weighted by Crippen LogP contribution is 2.16. The fourth-order valence-corrected chi connectivity index (χ4v) is 2.94. The molecule has 1 fully saturated rings. The Bertz CT molecular complexity index is 284. The van der Waals surface area contributed by atoms with Crippen LogP contribution in [0.5, 0.6) is 0 Å². The summed E-state index contributed by atoms with van der Waals surface area (Å²) in [5, 5.41) is 3.23. The summed E-state index contributed by atoms with van der Waals surface area (Å²) in [4.78, 5) is 7.00. The zero-order valence-electron chi connectivity index (χ0n) is 14.6. The number of hydrogen-bond donors (Lipinski definition) is 2. The van der Waals surface area contributed by atoms with Gasteiger partial charge in [0, 0.05) is 19.1 Å². The molecule has 1 heterocycles. The highest BCUT2D eigenvalue weighted by atomic mass is 127. The van der Waals surface area contributed by atoms with Gasteiger partial charge in [-0.2, -0.15) is 0 Å². The van der Waals surface area contributed by atoms with Crippen LogP contribution >= 0.6 is 24.0 Å². The Morgan fingerprint density at radius 1 is 1.18 bits per heavy atom. The lowest BCUT2D eigenvalue weighted by molar-refractivity contribution is 0.158. The molecule has 1 rings (SSSR count). The van der Waals surface area contributed by atoms with Gasteiger partial charge < -0.3 is 16.0 Å². The van der Waals surface area contributed by atoms with Gasteiger partial charge in [0.2, 0.25) is 0 Å². The normalized spacial score (nSPS) is 19.7. The van der Waals surface area contributed by atoms with Crippen molar-refractivity contribution in [3.8, 4) is 0 Å². The minimum absolute atomic E-state index is 0. The van der Waals surface area contributed by atoms with Crippen molar-refractivity contribution >= 4 is 29.9 Å². The van der Waals surface area contributed by atoms with Crippen LogP contribution in [0, 0.1) is 0 Å². The maximum Gasteiger partial charge on any atom is 0.188 e. The number of guanidine groups is 1. The number of likely N-dealkylation sites (tertiary alicyclic amines) is 1. The maximum absolute atomic E-state index is 5.86. The molecule has 5 heteroatoms. The van der Waals surface area contributed by atoms with Crippen LogP contribution in [0.25, 0.3) is 0 Å². The third-order valence-electron chi connectivity index (χ3n) is 4.41. The number of hydrogen-bond acceptors (Lipinski definition) is 2. The SMILES string of the molecule is CCCCCCN=C(N)NCCCCN1CCCCC1C.I. The second kappa shape index (κ2) is 14.5. The summed E-state index contributed by atoms with van der Waals surface area (Å²) in [7, 11) is 0. The van der Waals surface area contributed by atoms with E-state index >= 15 is 0 Å². The van der Waals surface area contributed by atoms with E-state index in [-0.39, 0.29) is 24.0 Å². The van der Waals surface area contributed by atoms with Gasteiger partial charge in [-0.05, 0) is 52.1 Å². The van der Waals surface area contributed by atoms with Crippen LogP contribution in [-0.2, 0) is 0 Å². The van der Waals surface area contributed by atoms with E-state index in [4.69, 9.17) is 5.73 Å². The Balaban J connectivity index is 0.00000441. The Morgan fingerprint density at radius 2 is 2.00 bits per heavy atom. The summed E-state index contributed by atoms with van der Waals surface area (Å²) in [5.74, 6) is 0.623. The predicted octanol–water partition coefficient (Wildman–Crippen LogP) is 3.74. The van der Waals surface area contributed by atoms with Crippen molar-refractivity contribution in [3.63, 3.8) is 0 Å². The van der Waals surface area contributed by atoms with Crippen LogP contribution in [0.1, 0.15) is 71.6 Å². The summed E-state index contributed by atoms with van der Waals surface area (Å²) in [6.07, 6.45) is 11.6. The Kier molecular flexibility index (Phi) is 14.5. The monoisotopic (exact) mass is 424 g/mol. The van der Waals surface area contributed by atoms with E-state index in [2.05, 4.69) is 29.1 Å². The summed E-state index contributed by atoms with van der Waals surface area (Å²) in [6.45, 7) is 8.92. The predicted molar refractivity (Wildman–Crippen MR) is 108 cm³/mol. The molecule has 3 N–H and O–H groups in total. The first-order valence-electron chi connectivity index (χ1n) is 9.02. The summed E-state index contributed by atoms with van der Waals surface area (Å²) < 4.78 is 0. The second-order valence-corrected chi connectivity index (χ2v) is 6.34. The molecule has 0 aromatic heterocycles. The van der Waals surface area contributed by atoms with E-state index < -0.39 is 0 Å². The number of rotatable bonds is 10. The first-order valence-corrected chi connectivity index (χ1v) is 9.02. The van der Waals surface area contributed by atoms with Crippen molar-refractivity contribution in [1.82, 2.24) is 10.2 Å². The quantitative estimate of drug-likeness (QED) is 0.243. The molecule has 22 heavy (non-hydrogen) atoms. The van der Waals surface area contributed by atoms with E-state index in [9.17, 15) is 0 Å². The number of piperidine rings is 1. The minimum Gasteiger partial charge on any atom is -0.370 e. The summed E-state index contributed by atoms with van der Waals surface area (Å²) in [5.41, 5.74) is 5.86. The highest BCUT2D eigenvalue weighted by molar-refractivity contribution is 14.0. The van der Waals surface area contributed by atoms with E-state index in [0.29, 0.717) is 5.96 Å². The molecule has 0 spiro atoms. The number of halogens is 1. The zero-order valence-corrected chi connectivity index (χ0v) is 17.0. The smallest absolute Gasteiger partial charge is 0.188 e. The molecule has 0 saturated carbocycles. The van der Waals surface area contributed by atoms with Crippen molar-refractivity contribution in [2.45, 2.75) is 77.7 Å². The van der Waals surface area contributed by atoms with Crippen LogP contribution in [0.2, 0.25) is 0 Å². The Labute approximate surface area is 154 Å². The molecule has 0 radical (unpaired) electrons. The molecule has 0 bridgehead atoms. The van der Waals surface area contributed by atoms with Gasteiger partial charge in [-0.15, -0.1) is 24.0 Å². The molecule has 0 aromatic carbocycles. The largest absolute Gasteiger partial charge is 0.370 e. The van der Waals surface area contributed by atoms with E-state index in [1.807, 2.05) is 0 Å². The Morgan fingerprint density at radius 3 is 2.73 bits per heavy atom. The van der Waals surface area contributed by atoms with Crippen LogP contribution in [0.15, 0.2) is 4.99 Å². The number of nitrogens with two attached hydrogens (primary N) is 1. The molecule has 1 atom stereocenters. The number of unbranched alkanes of at least 4 members (excludes halogenated alkanes) is 4. The van der Waals surface area contributed by atoms with Crippen molar-refractivity contribution < 1.29 is 0 Å². The average Bonchev–Trinajstić information content (AvgIpc) is 2.48. The maximum atomic E-state index is 5.86. The van der Waals surface area contributed by atoms with Gasteiger partial charge in [-0.25, -0.2) is 0 Å². The molecular formula is C17H37IN4. The van der Waals surface area contributed by atoms with Crippen molar-refractivity contribution in [2.75, 3.05) is 26.2 Å². The first kappa shape index (κ1) is 22.0. The molecular weight excluding hydrogens is 387 g/mol. The molecule has 0 aliphatic carbocycles. The number of nitrogens with one attached hydrogen (secondary N) is 1. The van der Waals surface area contributed by atoms with Crippen molar-refractivity contribution in [2.24, 2.45) is 10.7 Å².